The SMILES string of the molecule is Cn1c(N)nnc1SCCOc1ccc(Cl)cc1Br. The number of nitrogens with two attached hydrogens (primary N) is 1. The van der Waals surface area contributed by atoms with E-state index in [1.165, 1.54) is 11.8 Å². The van der Waals surface area contributed by atoms with E-state index in [1.807, 2.05) is 13.1 Å². The Labute approximate surface area is 128 Å². The average Bonchev–Trinajstić information content (AvgIpc) is 2.68. The highest BCUT2D eigenvalue weighted by Crippen LogP contribution is 2.28. The summed E-state index contributed by atoms with van der Waals surface area (Å²) in [6.07, 6.45) is 0. The first-order valence-electron chi connectivity index (χ1n) is 5.43. The average molecular weight is 364 g/mol. The number of anilines is 1. The topological polar surface area (TPSA) is 66.0 Å². The van der Waals surface area contributed by atoms with E-state index >= 15 is 0 Å². The fourth-order valence-electron chi connectivity index (χ4n) is 1.33. The van der Waals surface area contributed by atoms with Crippen molar-refractivity contribution in [2.75, 3.05) is 18.1 Å². The summed E-state index contributed by atoms with van der Waals surface area (Å²) in [5.74, 6) is 1.92. The van der Waals surface area contributed by atoms with Gasteiger partial charge in [0, 0.05) is 17.8 Å². The standard InChI is InChI=1S/C11H12BrClN4OS/c1-17-10(14)15-16-11(17)19-5-4-18-9-3-2-7(13)6-8(9)12/h2-3,6H,4-5H2,1H3,(H2,14,15). The first-order chi connectivity index (χ1) is 9.08. The van der Waals surface area contributed by atoms with Crippen molar-refractivity contribution in [1.29, 1.82) is 0 Å². The summed E-state index contributed by atoms with van der Waals surface area (Å²) in [4.78, 5) is 0. The summed E-state index contributed by atoms with van der Waals surface area (Å²) in [7, 11) is 1.83. The van der Waals surface area contributed by atoms with Crippen LogP contribution in [0.1, 0.15) is 0 Å². The van der Waals surface area contributed by atoms with E-state index in [9.17, 15) is 0 Å². The number of hydrogen-bond donors (Lipinski definition) is 1. The lowest BCUT2D eigenvalue weighted by molar-refractivity contribution is 0.341. The van der Waals surface area contributed by atoms with Gasteiger partial charge in [0.25, 0.3) is 0 Å². The summed E-state index contributed by atoms with van der Waals surface area (Å²) in [6, 6.07) is 5.42. The van der Waals surface area contributed by atoms with Crippen LogP contribution in [-0.2, 0) is 7.05 Å². The van der Waals surface area contributed by atoms with Gasteiger partial charge in [0.1, 0.15) is 5.75 Å². The fraction of sp³-hybridized carbons (Fsp3) is 0.273. The van der Waals surface area contributed by atoms with E-state index < -0.39 is 0 Å². The highest BCUT2D eigenvalue weighted by atomic mass is 79.9. The summed E-state index contributed by atoms with van der Waals surface area (Å²) < 4.78 is 8.22. The van der Waals surface area contributed by atoms with Crippen molar-refractivity contribution in [1.82, 2.24) is 14.8 Å². The lowest BCUT2D eigenvalue weighted by Gasteiger charge is -2.08. The molecule has 8 heteroatoms. The van der Waals surface area contributed by atoms with E-state index in [-0.39, 0.29) is 0 Å². The van der Waals surface area contributed by atoms with Crippen LogP contribution in [-0.4, -0.2) is 27.1 Å². The van der Waals surface area contributed by atoms with Crippen molar-refractivity contribution >= 4 is 45.2 Å². The van der Waals surface area contributed by atoms with Crippen LogP contribution in [0.15, 0.2) is 27.8 Å². The van der Waals surface area contributed by atoms with Crippen LogP contribution in [0, 0.1) is 0 Å². The highest BCUT2D eigenvalue weighted by molar-refractivity contribution is 9.10. The van der Waals surface area contributed by atoms with Gasteiger partial charge in [-0.05, 0) is 34.1 Å². The van der Waals surface area contributed by atoms with Gasteiger partial charge >= 0.3 is 0 Å². The van der Waals surface area contributed by atoms with Crippen LogP contribution < -0.4 is 10.5 Å². The Morgan fingerprint density at radius 3 is 2.89 bits per heavy atom. The third-order valence-corrected chi connectivity index (χ3v) is 4.17. The molecule has 0 bridgehead atoms. The molecule has 1 heterocycles. The van der Waals surface area contributed by atoms with Crippen LogP contribution in [0.2, 0.25) is 5.02 Å². The third kappa shape index (κ3) is 3.77. The van der Waals surface area contributed by atoms with Gasteiger partial charge in [0.05, 0.1) is 11.1 Å². The second kappa shape index (κ2) is 6.49. The number of hydrogen-bond acceptors (Lipinski definition) is 5. The Morgan fingerprint density at radius 1 is 1.47 bits per heavy atom. The Bertz CT molecular complexity index is 578. The number of ether oxygens (including phenoxy) is 1. The second-order valence-electron chi connectivity index (χ2n) is 3.67. The van der Waals surface area contributed by atoms with Crippen LogP contribution in [0.5, 0.6) is 5.75 Å². The molecule has 0 saturated carbocycles. The molecule has 0 amide bonds. The Morgan fingerprint density at radius 2 is 2.26 bits per heavy atom. The quantitative estimate of drug-likeness (QED) is 0.653. The maximum absolute atomic E-state index is 5.86. The predicted octanol–water partition coefficient (Wildman–Crippen LogP) is 2.98. The number of benzene rings is 1. The number of nitrogens with zero attached hydrogens (tertiary/aromatic N) is 3. The molecule has 0 fully saturated rings. The second-order valence-corrected chi connectivity index (χ2v) is 6.02. The molecule has 1 aromatic carbocycles. The molecule has 0 aliphatic carbocycles. The largest absolute Gasteiger partial charge is 0.492 e. The van der Waals surface area contributed by atoms with E-state index in [0.29, 0.717) is 17.6 Å². The van der Waals surface area contributed by atoms with Crippen molar-refractivity contribution in [3.05, 3.63) is 27.7 Å². The summed E-state index contributed by atoms with van der Waals surface area (Å²) in [5, 5.41) is 9.19. The summed E-state index contributed by atoms with van der Waals surface area (Å²) >= 11 is 10.8. The van der Waals surface area contributed by atoms with Crippen molar-refractivity contribution < 1.29 is 4.74 Å². The molecule has 0 aliphatic rings. The van der Waals surface area contributed by atoms with Gasteiger partial charge in [-0.25, -0.2) is 0 Å². The zero-order chi connectivity index (χ0) is 13.8. The summed E-state index contributed by atoms with van der Waals surface area (Å²) in [6.45, 7) is 0.553. The van der Waals surface area contributed by atoms with Crippen LogP contribution in [0.4, 0.5) is 5.95 Å². The van der Waals surface area contributed by atoms with E-state index in [4.69, 9.17) is 22.1 Å². The van der Waals surface area contributed by atoms with Gasteiger partial charge in [-0.3, -0.25) is 4.57 Å². The molecule has 0 unspecified atom stereocenters. The van der Waals surface area contributed by atoms with Crippen molar-refractivity contribution in [2.24, 2.45) is 7.05 Å². The number of halogens is 2. The molecule has 0 radical (unpaired) electrons. The maximum Gasteiger partial charge on any atom is 0.222 e. The van der Waals surface area contributed by atoms with E-state index in [2.05, 4.69) is 26.1 Å². The van der Waals surface area contributed by atoms with Crippen LogP contribution in [0.25, 0.3) is 0 Å². The monoisotopic (exact) mass is 362 g/mol. The smallest absolute Gasteiger partial charge is 0.222 e. The van der Waals surface area contributed by atoms with Gasteiger partial charge in [-0.15, -0.1) is 10.2 Å². The minimum absolute atomic E-state index is 0.406. The lowest BCUT2D eigenvalue weighted by Crippen LogP contribution is -2.03. The number of thioether (sulfide) groups is 1. The molecule has 2 aromatic rings. The van der Waals surface area contributed by atoms with Gasteiger partial charge < -0.3 is 10.5 Å². The van der Waals surface area contributed by atoms with Gasteiger partial charge in [0.15, 0.2) is 5.16 Å². The molecule has 0 saturated heterocycles. The third-order valence-electron chi connectivity index (χ3n) is 2.33. The van der Waals surface area contributed by atoms with E-state index in [1.54, 1.807) is 16.7 Å². The molecule has 19 heavy (non-hydrogen) atoms. The first kappa shape index (κ1) is 14.5. The minimum atomic E-state index is 0.406. The highest BCUT2D eigenvalue weighted by Gasteiger charge is 2.06. The van der Waals surface area contributed by atoms with Gasteiger partial charge in [-0.2, -0.15) is 0 Å². The lowest BCUT2D eigenvalue weighted by atomic mass is 10.3. The normalized spacial score (nSPS) is 10.7. The Hall–Kier alpha value is -0.920. The molecular weight excluding hydrogens is 352 g/mol. The fourth-order valence-corrected chi connectivity index (χ4v) is 2.86. The molecule has 2 rings (SSSR count). The molecule has 0 aliphatic heterocycles. The van der Waals surface area contributed by atoms with E-state index in [0.717, 1.165) is 21.1 Å². The first-order valence-corrected chi connectivity index (χ1v) is 7.59. The number of rotatable bonds is 5. The zero-order valence-corrected chi connectivity index (χ0v) is 13.3. The maximum atomic E-state index is 5.86. The van der Waals surface area contributed by atoms with Gasteiger partial charge in [-0.1, -0.05) is 23.4 Å². The zero-order valence-electron chi connectivity index (χ0n) is 10.1. The number of aromatic nitrogens is 3. The molecule has 102 valence electrons. The molecule has 1 aromatic heterocycles. The Balaban J connectivity index is 1.82. The summed E-state index contributed by atoms with van der Waals surface area (Å²) in [5.41, 5.74) is 5.60. The molecule has 2 N–H and O–H groups in total. The predicted molar refractivity (Wildman–Crippen MR) is 80.8 cm³/mol. The minimum Gasteiger partial charge on any atom is -0.492 e. The molecular formula is C11H12BrClN4OS. The van der Waals surface area contributed by atoms with Gasteiger partial charge in [0.2, 0.25) is 5.95 Å². The Kier molecular flexibility index (Phi) is 4.95. The van der Waals surface area contributed by atoms with Crippen molar-refractivity contribution in [3.8, 4) is 5.75 Å². The van der Waals surface area contributed by atoms with Crippen LogP contribution >= 0.6 is 39.3 Å². The van der Waals surface area contributed by atoms with Crippen LogP contribution in [0.3, 0.4) is 0 Å². The molecule has 0 atom stereocenters. The van der Waals surface area contributed by atoms with Crippen molar-refractivity contribution in [3.63, 3.8) is 0 Å². The van der Waals surface area contributed by atoms with Crippen molar-refractivity contribution in [2.45, 2.75) is 5.16 Å². The molecule has 5 nitrogen and oxygen atoms in total. The molecule has 0 spiro atoms. The number of nitrogen functional groups attached to an aromatic ring is 1.